The quantitative estimate of drug-likeness (QED) is 0.514. The highest BCUT2D eigenvalue weighted by Crippen LogP contribution is 2.33. The molecule has 1 aromatic carbocycles. The maximum absolute atomic E-state index is 12.3. The van der Waals surface area contributed by atoms with Gasteiger partial charge < -0.3 is 19.5 Å². The van der Waals surface area contributed by atoms with Crippen molar-refractivity contribution in [2.45, 2.75) is 23.3 Å². The van der Waals surface area contributed by atoms with Gasteiger partial charge in [0, 0.05) is 18.7 Å². The lowest BCUT2D eigenvalue weighted by atomic mass is 10.2. The van der Waals surface area contributed by atoms with Crippen LogP contribution in [0, 0.1) is 0 Å². The molecule has 2 aliphatic rings. The lowest BCUT2D eigenvalue weighted by Crippen LogP contribution is -2.32. The van der Waals surface area contributed by atoms with E-state index in [-0.39, 0.29) is 30.5 Å². The van der Waals surface area contributed by atoms with Crippen molar-refractivity contribution in [3.63, 3.8) is 0 Å². The standard InChI is InChI=1S/C17H18N4O5S2/c22-14(18-7-11-2-1-5-24-11)8-27-17-21-20-16(28-17)19-15(23)10-3-4-12-13(6-10)26-9-25-12/h3-4,6,11H,1-2,5,7-9H2,(H,18,22)(H,19,20,23)/t11-/m1/s1. The Morgan fingerprint density at radius 3 is 3.00 bits per heavy atom. The molecule has 1 aromatic heterocycles. The molecule has 2 N–H and O–H groups in total. The van der Waals surface area contributed by atoms with Gasteiger partial charge in [-0.25, -0.2) is 0 Å². The Morgan fingerprint density at radius 2 is 2.14 bits per heavy atom. The summed E-state index contributed by atoms with van der Waals surface area (Å²) in [6.45, 7) is 1.45. The first-order valence-electron chi connectivity index (χ1n) is 8.73. The highest BCUT2D eigenvalue weighted by atomic mass is 32.2. The predicted octanol–water partition coefficient (Wildman–Crippen LogP) is 1.91. The average Bonchev–Trinajstić information content (AvgIpc) is 3.45. The van der Waals surface area contributed by atoms with Crippen LogP contribution in [-0.4, -0.2) is 53.8 Å². The van der Waals surface area contributed by atoms with Gasteiger partial charge in [0.25, 0.3) is 5.91 Å². The summed E-state index contributed by atoms with van der Waals surface area (Å²) in [5, 5.41) is 13.9. The number of aromatic nitrogens is 2. The zero-order chi connectivity index (χ0) is 19.3. The van der Waals surface area contributed by atoms with E-state index in [0.29, 0.717) is 33.1 Å². The normalized spacial score (nSPS) is 17.5. The van der Waals surface area contributed by atoms with E-state index in [9.17, 15) is 9.59 Å². The summed E-state index contributed by atoms with van der Waals surface area (Å²) in [4.78, 5) is 24.3. The van der Waals surface area contributed by atoms with Crippen LogP contribution in [0.15, 0.2) is 22.5 Å². The van der Waals surface area contributed by atoms with Crippen molar-refractivity contribution in [1.82, 2.24) is 15.5 Å². The van der Waals surface area contributed by atoms with E-state index in [0.717, 1.165) is 19.4 Å². The summed E-state index contributed by atoms with van der Waals surface area (Å²) in [5.41, 5.74) is 0.433. The van der Waals surface area contributed by atoms with Crippen LogP contribution in [0.4, 0.5) is 5.13 Å². The monoisotopic (exact) mass is 422 g/mol. The fourth-order valence-corrected chi connectivity index (χ4v) is 4.31. The molecule has 11 heteroatoms. The molecule has 2 amide bonds. The minimum Gasteiger partial charge on any atom is -0.454 e. The number of nitrogens with zero attached hydrogens (tertiary/aromatic N) is 2. The summed E-state index contributed by atoms with van der Waals surface area (Å²) in [6.07, 6.45) is 2.14. The van der Waals surface area contributed by atoms with Crippen LogP contribution in [0.3, 0.4) is 0 Å². The van der Waals surface area contributed by atoms with Gasteiger partial charge in [-0.05, 0) is 31.0 Å². The highest BCUT2D eigenvalue weighted by Gasteiger charge is 2.18. The van der Waals surface area contributed by atoms with Gasteiger partial charge in [-0.1, -0.05) is 23.1 Å². The molecule has 2 aromatic rings. The van der Waals surface area contributed by atoms with Crippen LogP contribution in [0.5, 0.6) is 11.5 Å². The molecule has 1 saturated heterocycles. The van der Waals surface area contributed by atoms with Crippen LogP contribution >= 0.6 is 23.1 Å². The third kappa shape index (κ3) is 4.72. The van der Waals surface area contributed by atoms with Crippen LogP contribution in [0.2, 0.25) is 0 Å². The third-order valence-corrected chi connectivity index (χ3v) is 6.11. The Morgan fingerprint density at radius 1 is 1.25 bits per heavy atom. The molecular weight excluding hydrogens is 404 g/mol. The predicted molar refractivity (Wildman–Crippen MR) is 103 cm³/mol. The van der Waals surface area contributed by atoms with Gasteiger partial charge in [0.2, 0.25) is 17.8 Å². The van der Waals surface area contributed by atoms with E-state index in [1.807, 2.05) is 0 Å². The van der Waals surface area contributed by atoms with Crippen LogP contribution < -0.4 is 20.1 Å². The molecular formula is C17H18N4O5S2. The fraction of sp³-hybridized carbons (Fsp3) is 0.412. The lowest BCUT2D eigenvalue weighted by Gasteiger charge is -2.09. The summed E-state index contributed by atoms with van der Waals surface area (Å²) in [7, 11) is 0. The number of anilines is 1. The van der Waals surface area contributed by atoms with Gasteiger partial charge in [0.15, 0.2) is 15.8 Å². The number of nitrogens with one attached hydrogen (secondary N) is 2. The molecule has 0 unspecified atom stereocenters. The van der Waals surface area contributed by atoms with E-state index >= 15 is 0 Å². The van der Waals surface area contributed by atoms with E-state index in [1.165, 1.54) is 23.1 Å². The van der Waals surface area contributed by atoms with Gasteiger partial charge in [0.1, 0.15) is 0 Å². The minimum absolute atomic E-state index is 0.0818. The van der Waals surface area contributed by atoms with Gasteiger partial charge in [0.05, 0.1) is 11.9 Å². The zero-order valence-corrected chi connectivity index (χ0v) is 16.4. The number of ether oxygens (including phenoxy) is 3. The number of carbonyl (C=O) groups is 2. The zero-order valence-electron chi connectivity index (χ0n) is 14.8. The van der Waals surface area contributed by atoms with Crippen molar-refractivity contribution in [2.24, 2.45) is 0 Å². The Labute approximate surface area is 169 Å². The van der Waals surface area contributed by atoms with E-state index in [1.54, 1.807) is 18.2 Å². The summed E-state index contributed by atoms with van der Waals surface area (Å²) in [6, 6.07) is 4.96. The van der Waals surface area contributed by atoms with Crippen LogP contribution in [0.1, 0.15) is 23.2 Å². The molecule has 28 heavy (non-hydrogen) atoms. The van der Waals surface area contributed by atoms with Crippen molar-refractivity contribution in [3.05, 3.63) is 23.8 Å². The molecule has 3 heterocycles. The molecule has 0 radical (unpaired) electrons. The van der Waals surface area contributed by atoms with Crippen molar-refractivity contribution in [3.8, 4) is 11.5 Å². The maximum Gasteiger partial charge on any atom is 0.257 e. The lowest BCUT2D eigenvalue weighted by molar-refractivity contribution is -0.119. The molecule has 0 bridgehead atoms. The minimum atomic E-state index is -0.319. The first kappa shape index (κ1) is 19.0. The summed E-state index contributed by atoms with van der Waals surface area (Å²) < 4.78 is 16.6. The highest BCUT2D eigenvalue weighted by molar-refractivity contribution is 8.01. The fourth-order valence-electron chi connectivity index (χ4n) is 2.74. The third-order valence-electron chi connectivity index (χ3n) is 4.14. The number of hydrogen-bond acceptors (Lipinski definition) is 9. The number of carbonyl (C=O) groups excluding carboxylic acids is 2. The number of thioether (sulfide) groups is 1. The smallest absolute Gasteiger partial charge is 0.257 e. The largest absolute Gasteiger partial charge is 0.454 e. The number of fused-ring (bicyclic) bond motifs is 1. The van der Waals surface area contributed by atoms with E-state index in [4.69, 9.17) is 14.2 Å². The van der Waals surface area contributed by atoms with Crippen molar-refractivity contribution in [2.75, 3.05) is 31.0 Å². The van der Waals surface area contributed by atoms with Crippen LogP contribution in [0.25, 0.3) is 0 Å². The molecule has 4 rings (SSSR count). The Balaban J connectivity index is 1.24. The summed E-state index contributed by atoms with van der Waals surface area (Å²) >= 11 is 2.49. The molecule has 1 fully saturated rings. The molecule has 9 nitrogen and oxygen atoms in total. The molecule has 0 aliphatic carbocycles. The average molecular weight is 422 g/mol. The number of rotatable bonds is 7. The molecule has 0 saturated carbocycles. The first-order valence-corrected chi connectivity index (χ1v) is 10.5. The number of hydrogen-bond donors (Lipinski definition) is 2. The van der Waals surface area contributed by atoms with Gasteiger partial charge >= 0.3 is 0 Å². The number of amides is 2. The molecule has 2 aliphatic heterocycles. The number of benzene rings is 1. The second-order valence-corrected chi connectivity index (χ2v) is 8.32. The van der Waals surface area contributed by atoms with Gasteiger partial charge in [-0.3, -0.25) is 14.9 Å². The first-order chi connectivity index (χ1) is 13.7. The Hall–Kier alpha value is -2.37. The maximum atomic E-state index is 12.3. The van der Waals surface area contributed by atoms with E-state index < -0.39 is 0 Å². The van der Waals surface area contributed by atoms with Crippen LogP contribution in [-0.2, 0) is 9.53 Å². The topological polar surface area (TPSA) is 112 Å². The second-order valence-electron chi connectivity index (χ2n) is 6.12. The van der Waals surface area contributed by atoms with Gasteiger partial charge in [-0.15, -0.1) is 10.2 Å². The molecule has 1 atom stereocenters. The Bertz CT molecular complexity index is 869. The van der Waals surface area contributed by atoms with Crippen molar-refractivity contribution >= 4 is 40.0 Å². The van der Waals surface area contributed by atoms with Crippen molar-refractivity contribution < 1.29 is 23.8 Å². The second kappa shape index (κ2) is 8.76. The van der Waals surface area contributed by atoms with E-state index in [2.05, 4.69) is 20.8 Å². The van der Waals surface area contributed by atoms with Crippen molar-refractivity contribution in [1.29, 1.82) is 0 Å². The van der Waals surface area contributed by atoms with Gasteiger partial charge in [-0.2, -0.15) is 0 Å². The SMILES string of the molecule is O=C(CSc1nnc(NC(=O)c2ccc3c(c2)OCO3)s1)NC[C@H]1CCCO1. The Kier molecular flexibility index (Phi) is 5.93. The molecule has 0 spiro atoms. The molecule has 148 valence electrons. The summed E-state index contributed by atoms with van der Waals surface area (Å²) in [5.74, 6) is 0.985.